The highest BCUT2D eigenvalue weighted by molar-refractivity contribution is 5.91. The van der Waals surface area contributed by atoms with Crippen LogP contribution in [0.3, 0.4) is 0 Å². The van der Waals surface area contributed by atoms with Gasteiger partial charge in [-0.25, -0.2) is 0 Å². The SMILES string of the molecule is CCc1ccccc1NC(=O)CC(C)NCC1(N(C)C)CCOCC1. The van der Waals surface area contributed by atoms with E-state index in [1.807, 2.05) is 18.2 Å². The van der Waals surface area contributed by atoms with Crippen molar-refractivity contribution in [1.82, 2.24) is 10.2 Å². The van der Waals surface area contributed by atoms with Crippen LogP contribution < -0.4 is 10.6 Å². The summed E-state index contributed by atoms with van der Waals surface area (Å²) in [7, 11) is 4.26. The molecule has 5 heteroatoms. The van der Waals surface area contributed by atoms with Gasteiger partial charge in [-0.1, -0.05) is 25.1 Å². The second kappa shape index (κ2) is 9.32. The molecule has 0 aromatic heterocycles. The van der Waals surface area contributed by atoms with Crippen LogP contribution in [-0.2, 0) is 16.0 Å². The second-order valence-corrected chi connectivity index (χ2v) is 7.28. The first kappa shape index (κ1) is 19.9. The Kier molecular flexibility index (Phi) is 7.41. The van der Waals surface area contributed by atoms with Crippen molar-refractivity contribution < 1.29 is 9.53 Å². The average molecular weight is 348 g/mol. The minimum atomic E-state index is 0.0618. The lowest BCUT2D eigenvalue weighted by Gasteiger charge is -2.43. The summed E-state index contributed by atoms with van der Waals surface area (Å²) in [5.41, 5.74) is 2.22. The van der Waals surface area contributed by atoms with Gasteiger partial charge in [0.05, 0.1) is 0 Å². The lowest BCUT2D eigenvalue weighted by atomic mass is 9.88. The molecular weight excluding hydrogens is 314 g/mol. The number of hydrogen-bond donors (Lipinski definition) is 2. The van der Waals surface area contributed by atoms with Crippen LogP contribution in [0.1, 0.15) is 38.7 Å². The third-order valence-corrected chi connectivity index (χ3v) is 5.32. The van der Waals surface area contributed by atoms with Crippen molar-refractivity contribution >= 4 is 11.6 Å². The molecule has 1 fully saturated rings. The van der Waals surface area contributed by atoms with Crippen LogP contribution in [-0.4, -0.2) is 56.2 Å². The highest BCUT2D eigenvalue weighted by Gasteiger charge is 2.34. The van der Waals surface area contributed by atoms with Crippen molar-refractivity contribution in [3.05, 3.63) is 29.8 Å². The number of rotatable bonds is 8. The molecule has 140 valence electrons. The summed E-state index contributed by atoms with van der Waals surface area (Å²) in [5, 5.41) is 6.61. The lowest BCUT2D eigenvalue weighted by Crippen LogP contribution is -2.56. The van der Waals surface area contributed by atoms with E-state index < -0.39 is 0 Å². The number of nitrogens with zero attached hydrogens (tertiary/aromatic N) is 1. The van der Waals surface area contributed by atoms with Gasteiger partial charge in [-0.15, -0.1) is 0 Å². The molecule has 1 aliphatic heterocycles. The molecule has 0 aliphatic carbocycles. The molecule has 1 atom stereocenters. The largest absolute Gasteiger partial charge is 0.381 e. The standard InChI is InChI=1S/C20H33N3O2/c1-5-17-8-6-7-9-18(17)22-19(24)14-16(2)21-15-20(23(3)4)10-12-25-13-11-20/h6-9,16,21H,5,10-15H2,1-4H3,(H,22,24). The Morgan fingerprint density at radius 3 is 2.60 bits per heavy atom. The molecule has 1 saturated heterocycles. The molecule has 0 radical (unpaired) electrons. The van der Waals surface area contributed by atoms with Crippen LogP contribution >= 0.6 is 0 Å². The molecule has 25 heavy (non-hydrogen) atoms. The Hall–Kier alpha value is -1.43. The Labute approximate surface area is 152 Å². The lowest BCUT2D eigenvalue weighted by molar-refractivity contribution is -0.116. The van der Waals surface area contributed by atoms with E-state index in [1.54, 1.807) is 0 Å². The number of carbonyl (C=O) groups is 1. The van der Waals surface area contributed by atoms with Crippen LogP contribution in [0, 0.1) is 0 Å². The van der Waals surface area contributed by atoms with Crippen molar-refractivity contribution in [2.45, 2.75) is 51.1 Å². The van der Waals surface area contributed by atoms with E-state index in [4.69, 9.17) is 4.74 Å². The second-order valence-electron chi connectivity index (χ2n) is 7.28. The fraction of sp³-hybridized carbons (Fsp3) is 0.650. The monoisotopic (exact) mass is 347 g/mol. The van der Waals surface area contributed by atoms with Gasteiger partial charge < -0.3 is 20.3 Å². The molecule has 1 unspecified atom stereocenters. The van der Waals surface area contributed by atoms with E-state index >= 15 is 0 Å². The molecule has 1 heterocycles. The number of nitrogens with one attached hydrogen (secondary N) is 2. The zero-order valence-electron chi connectivity index (χ0n) is 16.1. The Bertz CT molecular complexity index is 554. The van der Waals surface area contributed by atoms with Crippen LogP contribution in [0.2, 0.25) is 0 Å². The number of ether oxygens (including phenoxy) is 1. The van der Waals surface area contributed by atoms with E-state index in [0.29, 0.717) is 6.42 Å². The molecule has 0 bridgehead atoms. The molecule has 0 spiro atoms. The van der Waals surface area contributed by atoms with Crippen LogP contribution in [0.25, 0.3) is 0 Å². The van der Waals surface area contributed by atoms with Crippen LogP contribution in [0.15, 0.2) is 24.3 Å². The van der Waals surface area contributed by atoms with Gasteiger partial charge in [-0.05, 0) is 51.9 Å². The summed E-state index contributed by atoms with van der Waals surface area (Å²) in [4.78, 5) is 14.7. The zero-order valence-corrected chi connectivity index (χ0v) is 16.1. The summed E-state index contributed by atoms with van der Waals surface area (Å²) < 4.78 is 5.52. The van der Waals surface area contributed by atoms with Crippen molar-refractivity contribution in [2.24, 2.45) is 0 Å². The van der Waals surface area contributed by atoms with E-state index in [1.165, 1.54) is 5.56 Å². The zero-order chi connectivity index (χ0) is 18.3. The van der Waals surface area contributed by atoms with Gasteiger partial charge in [0, 0.05) is 43.4 Å². The molecular formula is C20H33N3O2. The first-order valence-corrected chi connectivity index (χ1v) is 9.33. The summed E-state index contributed by atoms with van der Waals surface area (Å²) in [5.74, 6) is 0.0618. The van der Waals surface area contributed by atoms with Gasteiger partial charge in [0.25, 0.3) is 0 Å². The molecule has 1 aliphatic rings. The third kappa shape index (κ3) is 5.53. The number of likely N-dealkylation sites (N-methyl/N-ethyl adjacent to an activating group) is 1. The fourth-order valence-electron chi connectivity index (χ4n) is 3.40. The maximum Gasteiger partial charge on any atom is 0.225 e. The minimum Gasteiger partial charge on any atom is -0.381 e. The van der Waals surface area contributed by atoms with Crippen molar-refractivity contribution in [3.63, 3.8) is 0 Å². The smallest absolute Gasteiger partial charge is 0.225 e. The molecule has 5 nitrogen and oxygen atoms in total. The Morgan fingerprint density at radius 1 is 1.28 bits per heavy atom. The third-order valence-electron chi connectivity index (χ3n) is 5.32. The predicted octanol–water partition coefficient (Wildman–Crippen LogP) is 2.67. The number of aryl methyl sites for hydroxylation is 1. The fourth-order valence-corrected chi connectivity index (χ4v) is 3.40. The number of anilines is 1. The summed E-state index contributed by atoms with van der Waals surface area (Å²) in [6.45, 7) is 6.67. The summed E-state index contributed by atoms with van der Waals surface area (Å²) in [6.07, 6.45) is 3.43. The minimum absolute atomic E-state index is 0.0618. The molecule has 0 saturated carbocycles. The van der Waals surface area contributed by atoms with E-state index in [-0.39, 0.29) is 17.5 Å². The van der Waals surface area contributed by atoms with E-state index in [0.717, 1.165) is 44.7 Å². The van der Waals surface area contributed by atoms with Gasteiger partial charge >= 0.3 is 0 Å². The number of carbonyl (C=O) groups excluding carboxylic acids is 1. The van der Waals surface area contributed by atoms with Gasteiger partial charge in [-0.3, -0.25) is 4.79 Å². The highest BCUT2D eigenvalue weighted by Crippen LogP contribution is 2.25. The molecule has 2 rings (SSSR count). The first-order valence-electron chi connectivity index (χ1n) is 9.33. The van der Waals surface area contributed by atoms with E-state index in [2.05, 4.69) is 49.5 Å². The normalized spacial score (nSPS) is 18.1. The van der Waals surface area contributed by atoms with Crippen molar-refractivity contribution in [2.75, 3.05) is 39.2 Å². The van der Waals surface area contributed by atoms with Crippen LogP contribution in [0.4, 0.5) is 5.69 Å². The van der Waals surface area contributed by atoms with E-state index in [9.17, 15) is 4.79 Å². The topological polar surface area (TPSA) is 53.6 Å². The number of hydrogen-bond acceptors (Lipinski definition) is 4. The van der Waals surface area contributed by atoms with Gasteiger partial charge in [-0.2, -0.15) is 0 Å². The molecule has 1 amide bonds. The Balaban J connectivity index is 1.84. The first-order chi connectivity index (χ1) is 12.0. The predicted molar refractivity (Wildman–Crippen MR) is 103 cm³/mol. The molecule has 1 aromatic carbocycles. The van der Waals surface area contributed by atoms with Crippen LogP contribution in [0.5, 0.6) is 0 Å². The molecule has 2 N–H and O–H groups in total. The summed E-state index contributed by atoms with van der Waals surface area (Å²) in [6, 6.07) is 8.13. The maximum absolute atomic E-state index is 12.4. The highest BCUT2D eigenvalue weighted by atomic mass is 16.5. The van der Waals surface area contributed by atoms with Crippen molar-refractivity contribution in [1.29, 1.82) is 0 Å². The summed E-state index contributed by atoms with van der Waals surface area (Å²) >= 11 is 0. The maximum atomic E-state index is 12.4. The quantitative estimate of drug-likeness (QED) is 0.759. The van der Waals surface area contributed by atoms with Gasteiger partial charge in [0.2, 0.25) is 5.91 Å². The van der Waals surface area contributed by atoms with Crippen molar-refractivity contribution in [3.8, 4) is 0 Å². The van der Waals surface area contributed by atoms with Gasteiger partial charge in [0.1, 0.15) is 0 Å². The Morgan fingerprint density at radius 2 is 1.96 bits per heavy atom. The number of amides is 1. The number of para-hydroxylation sites is 1. The average Bonchev–Trinajstić information content (AvgIpc) is 2.61. The molecule has 1 aromatic rings. The number of benzene rings is 1. The van der Waals surface area contributed by atoms with Gasteiger partial charge in [0.15, 0.2) is 0 Å².